The van der Waals surface area contributed by atoms with Crippen molar-refractivity contribution in [2.45, 2.75) is 38.3 Å². The third kappa shape index (κ3) is 3.62. The number of benzene rings is 1. The van der Waals surface area contributed by atoms with Crippen molar-refractivity contribution in [2.75, 3.05) is 0 Å². The second-order valence-corrected chi connectivity index (χ2v) is 5.74. The molecule has 0 unspecified atom stereocenters. The Labute approximate surface area is 97.5 Å². The summed E-state index contributed by atoms with van der Waals surface area (Å²) >= 11 is 0.382. The quantitative estimate of drug-likeness (QED) is 0.604. The van der Waals surface area contributed by atoms with Crippen molar-refractivity contribution in [3.8, 4) is 0 Å². The SMILES string of the molecule is CCCC[Se]c1c(CO)cccc1CO. The molecule has 0 fully saturated rings. The molecule has 0 aliphatic heterocycles. The van der Waals surface area contributed by atoms with E-state index >= 15 is 0 Å². The first kappa shape index (κ1) is 12.7. The molecule has 3 heteroatoms. The van der Waals surface area contributed by atoms with E-state index in [2.05, 4.69) is 6.92 Å². The van der Waals surface area contributed by atoms with E-state index in [1.807, 2.05) is 18.2 Å². The molecule has 0 atom stereocenters. The normalized spacial score (nSPS) is 10.6. The van der Waals surface area contributed by atoms with E-state index in [0.717, 1.165) is 11.1 Å². The van der Waals surface area contributed by atoms with Crippen LogP contribution in [0.2, 0.25) is 5.32 Å². The Morgan fingerprint density at radius 1 is 1.13 bits per heavy atom. The molecule has 84 valence electrons. The second-order valence-electron chi connectivity index (χ2n) is 3.42. The fourth-order valence-corrected chi connectivity index (χ4v) is 4.06. The molecule has 1 aromatic carbocycles. The number of hydrogen-bond acceptors (Lipinski definition) is 2. The molecule has 15 heavy (non-hydrogen) atoms. The second kappa shape index (κ2) is 7.02. The molecular formula is C12H18O2Se. The summed E-state index contributed by atoms with van der Waals surface area (Å²) in [6.45, 7) is 2.34. The molecule has 0 heterocycles. The maximum absolute atomic E-state index is 9.22. The van der Waals surface area contributed by atoms with Crippen molar-refractivity contribution in [2.24, 2.45) is 0 Å². The van der Waals surface area contributed by atoms with Gasteiger partial charge in [0.25, 0.3) is 0 Å². The van der Waals surface area contributed by atoms with Gasteiger partial charge in [0.05, 0.1) is 0 Å². The standard InChI is InChI=1S/C12H18O2Se/c1-2-3-7-15-12-10(8-13)5-4-6-11(12)9-14/h4-6,13-14H,2-3,7-9H2,1H3. The van der Waals surface area contributed by atoms with Gasteiger partial charge in [0, 0.05) is 0 Å². The van der Waals surface area contributed by atoms with Crippen LogP contribution in [0, 0.1) is 0 Å². The molecule has 0 aliphatic rings. The first-order chi connectivity index (χ1) is 7.33. The van der Waals surface area contributed by atoms with E-state index in [0.29, 0.717) is 15.0 Å². The number of unbranched alkanes of at least 4 members (excludes halogenated alkanes) is 1. The van der Waals surface area contributed by atoms with Crippen LogP contribution >= 0.6 is 0 Å². The zero-order valence-corrected chi connectivity index (χ0v) is 10.8. The average Bonchev–Trinajstić information content (AvgIpc) is 2.29. The van der Waals surface area contributed by atoms with Crippen LogP contribution < -0.4 is 4.46 Å². The first-order valence-electron chi connectivity index (χ1n) is 5.28. The fourth-order valence-electron chi connectivity index (χ4n) is 1.39. The number of rotatable bonds is 6. The number of hydrogen-bond donors (Lipinski definition) is 2. The zero-order chi connectivity index (χ0) is 11.1. The maximum atomic E-state index is 9.22. The molecule has 0 bridgehead atoms. The summed E-state index contributed by atoms with van der Waals surface area (Å²) in [7, 11) is 0. The van der Waals surface area contributed by atoms with Crippen LogP contribution in [0.3, 0.4) is 0 Å². The number of aliphatic hydroxyl groups is 2. The molecule has 0 amide bonds. The summed E-state index contributed by atoms with van der Waals surface area (Å²) in [4.78, 5) is 0. The Hall–Kier alpha value is -0.341. The van der Waals surface area contributed by atoms with Crippen LogP contribution in [0.15, 0.2) is 18.2 Å². The first-order valence-corrected chi connectivity index (χ1v) is 7.35. The van der Waals surface area contributed by atoms with Gasteiger partial charge in [-0.05, 0) is 0 Å². The van der Waals surface area contributed by atoms with Gasteiger partial charge in [-0.15, -0.1) is 0 Å². The van der Waals surface area contributed by atoms with Gasteiger partial charge >= 0.3 is 97.3 Å². The van der Waals surface area contributed by atoms with E-state index < -0.39 is 0 Å². The molecule has 0 radical (unpaired) electrons. The van der Waals surface area contributed by atoms with Gasteiger partial charge < -0.3 is 0 Å². The predicted octanol–water partition coefficient (Wildman–Crippen LogP) is 1.22. The monoisotopic (exact) mass is 274 g/mol. The minimum absolute atomic E-state index is 0.0804. The molecule has 0 aliphatic carbocycles. The predicted molar refractivity (Wildman–Crippen MR) is 63.4 cm³/mol. The Kier molecular flexibility index (Phi) is 5.96. The van der Waals surface area contributed by atoms with Gasteiger partial charge in [-0.3, -0.25) is 0 Å². The van der Waals surface area contributed by atoms with E-state index in [4.69, 9.17) is 0 Å². The van der Waals surface area contributed by atoms with Crippen LogP contribution in [-0.2, 0) is 13.2 Å². The third-order valence-corrected chi connectivity index (χ3v) is 5.00. The van der Waals surface area contributed by atoms with Gasteiger partial charge in [-0.2, -0.15) is 0 Å². The summed E-state index contributed by atoms with van der Waals surface area (Å²) in [6, 6.07) is 5.79. The molecular weight excluding hydrogens is 255 g/mol. The van der Waals surface area contributed by atoms with E-state index in [1.165, 1.54) is 22.6 Å². The molecule has 1 rings (SSSR count). The van der Waals surface area contributed by atoms with Gasteiger partial charge in [0.2, 0.25) is 0 Å². The molecule has 2 nitrogen and oxygen atoms in total. The van der Waals surface area contributed by atoms with Crippen LogP contribution in [-0.4, -0.2) is 25.2 Å². The Balaban J connectivity index is 2.80. The van der Waals surface area contributed by atoms with Crippen LogP contribution in [0.1, 0.15) is 30.9 Å². The van der Waals surface area contributed by atoms with Gasteiger partial charge in [-0.1, -0.05) is 0 Å². The topological polar surface area (TPSA) is 40.5 Å². The zero-order valence-electron chi connectivity index (χ0n) is 9.07. The summed E-state index contributed by atoms with van der Waals surface area (Å²) in [5.74, 6) is 0. The third-order valence-electron chi connectivity index (χ3n) is 2.26. The van der Waals surface area contributed by atoms with Crippen LogP contribution in [0.4, 0.5) is 0 Å². The van der Waals surface area contributed by atoms with Crippen LogP contribution in [0.25, 0.3) is 0 Å². The molecule has 1 aromatic rings. The summed E-state index contributed by atoms with van der Waals surface area (Å²) in [5, 5.41) is 19.6. The Morgan fingerprint density at radius 2 is 1.73 bits per heavy atom. The molecule has 0 spiro atoms. The van der Waals surface area contributed by atoms with Gasteiger partial charge in [0.1, 0.15) is 0 Å². The van der Waals surface area contributed by atoms with Crippen molar-refractivity contribution < 1.29 is 10.2 Å². The van der Waals surface area contributed by atoms with E-state index in [-0.39, 0.29) is 13.2 Å². The molecule has 2 N–H and O–H groups in total. The fraction of sp³-hybridized carbons (Fsp3) is 0.500. The minimum atomic E-state index is 0.0804. The molecule has 0 saturated heterocycles. The van der Waals surface area contributed by atoms with Gasteiger partial charge in [-0.25, -0.2) is 0 Å². The molecule has 0 saturated carbocycles. The number of aliphatic hydroxyl groups excluding tert-OH is 2. The van der Waals surface area contributed by atoms with Gasteiger partial charge in [0.15, 0.2) is 0 Å². The Bertz CT molecular complexity index is 277. The van der Waals surface area contributed by atoms with Crippen molar-refractivity contribution in [3.05, 3.63) is 29.3 Å². The summed E-state index contributed by atoms with van der Waals surface area (Å²) < 4.78 is 1.20. The van der Waals surface area contributed by atoms with Crippen molar-refractivity contribution in [3.63, 3.8) is 0 Å². The average molecular weight is 273 g/mol. The van der Waals surface area contributed by atoms with Crippen molar-refractivity contribution in [1.82, 2.24) is 0 Å². The summed E-state index contributed by atoms with van der Waals surface area (Å²) in [5.41, 5.74) is 1.97. The van der Waals surface area contributed by atoms with Crippen LogP contribution in [0.5, 0.6) is 0 Å². The Morgan fingerprint density at radius 3 is 2.20 bits per heavy atom. The molecule has 0 aromatic heterocycles. The van der Waals surface area contributed by atoms with Crippen molar-refractivity contribution >= 4 is 19.4 Å². The summed E-state index contributed by atoms with van der Waals surface area (Å²) in [6.07, 6.45) is 2.43. The van der Waals surface area contributed by atoms with E-state index in [1.54, 1.807) is 0 Å². The van der Waals surface area contributed by atoms with E-state index in [9.17, 15) is 10.2 Å². The van der Waals surface area contributed by atoms with Crippen molar-refractivity contribution in [1.29, 1.82) is 0 Å².